The van der Waals surface area contributed by atoms with Gasteiger partial charge in [0.1, 0.15) is 0 Å². The van der Waals surface area contributed by atoms with Crippen molar-refractivity contribution in [3.63, 3.8) is 0 Å². The molecular formula is C15H16ClN2O4P. The fraction of sp³-hybridized carbons (Fsp3) is 0.0667. The van der Waals surface area contributed by atoms with Crippen molar-refractivity contribution in [1.82, 2.24) is 4.98 Å². The van der Waals surface area contributed by atoms with Gasteiger partial charge in [0, 0.05) is 22.3 Å². The van der Waals surface area contributed by atoms with Crippen molar-refractivity contribution in [2.24, 2.45) is 0 Å². The molecule has 0 aliphatic heterocycles. The zero-order valence-electron chi connectivity index (χ0n) is 12.2. The minimum atomic E-state index is -4.52. The first kappa shape index (κ1) is 17.4. The summed E-state index contributed by atoms with van der Waals surface area (Å²) in [4.78, 5) is 20.1. The molecule has 0 aliphatic rings. The van der Waals surface area contributed by atoms with Gasteiger partial charge < -0.3 is 15.2 Å². The number of aromatic nitrogens is 1. The second kappa shape index (κ2) is 7.06. The van der Waals surface area contributed by atoms with Crippen LogP contribution in [0.25, 0.3) is 10.9 Å². The second-order valence-electron chi connectivity index (χ2n) is 4.78. The van der Waals surface area contributed by atoms with E-state index in [9.17, 15) is 4.57 Å². The summed E-state index contributed by atoms with van der Waals surface area (Å²) < 4.78 is 15.1. The topological polar surface area (TPSA) is 109 Å². The number of hydrogen-bond acceptors (Lipinski definition) is 3. The number of phosphoric ester groups is 1. The predicted molar refractivity (Wildman–Crippen MR) is 91.6 cm³/mol. The molecule has 3 aromatic rings. The van der Waals surface area contributed by atoms with Crippen LogP contribution in [0.4, 0.5) is 5.69 Å². The first-order valence-corrected chi connectivity index (χ1v) is 8.50. The Morgan fingerprint density at radius 3 is 2.48 bits per heavy atom. The lowest BCUT2D eigenvalue weighted by molar-refractivity contribution is 0.284. The Labute approximate surface area is 138 Å². The molecule has 23 heavy (non-hydrogen) atoms. The maximum atomic E-state index is 10.6. The summed E-state index contributed by atoms with van der Waals surface area (Å²) >= 11 is 5.75. The second-order valence-corrected chi connectivity index (χ2v) is 6.38. The molecule has 0 spiro atoms. The molecule has 5 N–H and O–H groups in total. The van der Waals surface area contributed by atoms with E-state index in [-0.39, 0.29) is 5.75 Å². The van der Waals surface area contributed by atoms with Crippen LogP contribution in [0.1, 0.15) is 5.56 Å². The highest BCUT2D eigenvalue weighted by atomic mass is 35.5. The quantitative estimate of drug-likeness (QED) is 0.412. The Kier molecular flexibility index (Phi) is 5.34. The number of nitrogens with one attached hydrogen (secondary N) is 1. The number of aromatic amines is 1. The lowest BCUT2D eigenvalue weighted by Crippen LogP contribution is -1.88. The van der Waals surface area contributed by atoms with Crippen molar-refractivity contribution in [2.75, 3.05) is 5.73 Å². The molecule has 0 saturated carbocycles. The van der Waals surface area contributed by atoms with Gasteiger partial charge in [0.2, 0.25) is 0 Å². The average molecular weight is 355 g/mol. The Morgan fingerprint density at radius 2 is 1.91 bits per heavy atom. The zero-order valence-corrected chi connectivity index (χ0v) is 13.9. The summed E-state index contributed by atoms with van der Waals surface area (Å²) in [5.41, 5.74) is 8.19. The van der Waals surface area contributed by atoms with E-state index in [2.05, 4.69) is 9.51 Å². The number of H-pyrrole nitrogens is 1. The van der Waals surface area contributed by atoms with Crippen LogP contribution in [0.3, 0.4) is 0 Å². The lowest BCUT2D eigenvalue weighted by Gasteiger charge is -2.04. The number of nitrogen functional groups attached to an aromatic ring is 1. The fourth-order valence-corrected chi connectivity index (χ4v) is 2.44. The normalized spacial score (nSPS) is 11.0. The Bertz CT molecular complexity index is 839. The molecule has 6 nitrogen and oxygen atoms in total. The third kappa shape index (κ3) is 5.01. The van der Waals surface area contributed by atoms with E-state index >= 15 is 0 Å². The molecule has 8 heteroatoms. The molecule has 0 unspecified atom stereocenters. The summed E-state index contributed by atoms with van der Waals surface area (Å²) in [7, 11) is -4.52. The van der Waals surface area contributed by atoms with Crippen LogP contribution >= 0.6 is 19.4 Å². The van der Waals surface area contributed by atoms with Crippen molar-refractivity contribution in [2.45, 2.75) is 6.92 Å². The summed E-state index contributed by atoms with van der Waals surface area (Å²) in [6.07, 6.45) is 1.38. The van der Waals surface area contributed by atoms with Gasteiger partial charge in [0.15, 0.2) is 5.75 Å². The summed E-state index contributed by atoms with van der Waals surface area (Å²) in [6, 6.07) is 12.7. The molecule has 0 radical (unpaired) electrons. The number of hydrogen-bond donors (Lipinski definition) is 4. The van der Waals surface area contributed by atoms with Crippen LogP contribution in [-0.4, -0.2) is 14.8 Å². The maximum absolute atomic E-state index is 10.6. The van der Waals surface area contributed by atoms with Gasteiger partial charge in [-0.05, 0) is 36.8 Å². The molecule has 3 rings (SSSR count). The molecule has 0 amide bonds. The third-order valence-electron chi connectivity index (χ3n) is 3.01. The van der Waals surface area contributed by atoms with E-state index in [4.69, 9.17) is 27.1 Å². The first-order chi connectivity index (χ1) is 10.8. The summed E-state index contributed by atoms with van der Waals surface area (Å²) in [5.74, 6) is 0.106. The van der Waals surface area contributed by atoms with Gasteiger partial charge >= 0.3 is 7.82 Å². The number of aryl methyl sites for hydroxylation is 1. The van der Waals surface area contributed by atoms with Gasteiger partial charge in [-0.3, -0.25) is 9.79 Å². The van der Waals surface area contributed by atoms with Crippen LogP contribution in [-0.2, 0) is 4.57 Å². The SMILES string of the molecule is Cc1ccccc1N.O=P(O)(O)Oc1c[nH]c2cc(Cl)ccc12. The fourth-order valence-electron chi connectivity index (χ4n) is 1.86. The molecule has 0 aliphatic carbocycles. The van der Waals surface area contributed by atoms with Gasteiger partial charge in [-0.15, -0.1) is 0 Å². The van der Waals surface area contributed by atoms with Crippen LogP contribution in [0.2, 0.25) is 5.02 Å². The van der Waals surface area contributed by atoms with Gasteiger partial charge in [-0.1, -0.05) is 29.8 Å². The van der Waals surface area contributed by atoms with Crippen molar-refractivity contribution in [3.05, 3.63) is 59.2 Å². The largest absolute Gasteiger partial charge is 0.524 e. The van der Waals surface area contributed by atoms with E-state index in [1.807, 2.05) is 31.2 Å². The molecule has 122 valence electrons. The zero-order chi connectivity index (χ0) is 17.0. The number of rotatable bonds is 2. The highest BCUT2D eigenvalue weighted by molar-refractivity contribution is 7.46. The van der Waals surface area contributed by atoms with Gasteiger partial charge in [0.25, 0.3) is 0 Å². The van der Waals surface area contributed by atoms with E-state index in [1.54, 1.807) is 18.2 Å². The number of para-hydroxylation sites is 1. The number of fused-ring (bicyclic) bond motifs is 1. The lowest BCUT2D eigenvalue weighted by atomic mass is 10.2. The van der Waals surface area contributed by atoms with Gasteiger partial charge in [-0.25, -0.2) is 4.57 Å². The molecule has 1 aromatic heterocycles. The minimum Gasteiger partial charge on any atom is -0.402 e. The van der Waals surface area contributed by atoms with Crippen molar-refractivity contribution in [1.29, 1.82) is 0 Å². The Morgan fingerprint density at radius 1 is 1.22 bits per heavy atom. The van der Waals surface area contributed by atoms with Gasteiger partial charge in [-0.2, -0.15) is 0 Å². The van der Waals surface area contributed by atoms with Gasteiger partial charge in [0.05, 0.1) is 5.52 Å². The average Bonchev–Trinajstić information content (AvgIpc) is 2.83. The van der Waals surface area contributed by atoms with E-state index in [0.29, 0.717) is 15.9 Å². The molecule has 0 fully saturated rings. The van der Waals surface area contributed by atoms with Crippen LogP contribution in [0, 0.1) is 6.92 Å². The highest BCUT2D eigenvalue weighted by Gasteiger charge is 2.18. The molecule has 0 atom stereocenters. The van der Waals surface area contributed by atoms with Crippen molar-refractivity contribution >= 4 is 36.0 Å². The maximum Gasteiger partial charge on any atom is 0.524 e. The molecular weight excluding hydrogens is 339 g/mol. The minimum absolute atomic E-state index is 0.106. The highest BCUT2D eigenvalue weighted by Crippen LogP contribution is 2.40. The Hall–Kier alpha value is -1.98. The van der Waals surface area contributed by atoms with E-state index < -0.39 is 7.82 Å². The molecule has 2 aromatic carbocycles. The summed E-state index contributed by atoms with van der Waals surface area (Å²) in [5, 5.41) is 1.11. The van der Waals surface area contributed by atoms with Crippen LogP contribution in [0.5, 0.6) is 5.75 Å². The van der Waals surface area contributed by atoms with E-state index in [1.165, 1.54) is 6.20 Å². The van der Waals surface area contributed by atoms with Crippen LogP contribution < -0.4 is 10.3 Å². The molecule has 1 heterocycles. The Balaban J connectivity index is 0.000000203. The molecule has 0 saturated heterocycles. The number of anilines is 1. The van der Waals surface area contributed by atoms with Crippen molar-refractivity contribution < 1.29 is 18.9 Å². The number of phosphoric acid groups is 1. The number of nitrogens with two attached hydrogens (primary N) is 1. The molecule has 0 bridgehead atoms. The van der Waals surface area contributed by atoms with Crippen molar-refractivity contribution in [3.8, 4) is 5.75 Å². The van der Waals surface area contributed by atoms with Crippen LogP contribution in [0.15, 0.2) is 48.7 Å². The third-order valence-corrected chi connectivity index (χ3v) is 3.68. The smallest absolute Gasteiger partial charge is 0.402 e. The van der Waals surface area contributed by atoms with E-state index in [0.717, 1.165) is 11.3 Å². The predicted octanol–water partition coefficient (Wildman–Crippen LogP) is 3.87. The number of benzene rings is 2. The summed E-state index contributed by atoms with van der Waals surface area (Å²) in [6.45, 7) is 2.00. The number of halogens is 1. The standard InChI is InChI=1S/C8H7ClNO4P.C7H9N/c9-5-1-2-6-7(3-5)10-4-8(6)14-15(11,12)13;1-6-4-2-3-5-7(6)8/h1-4,10H,(H2,11,12,13);2-5H,8H2,1H3. The first-order valence-electron chi connectivity index (χ1n) is 6.59. The monoisotopic (exact) mass is 354 g/mol.